The van der Waals surface area contributed by atoms with E-state index >= 15 is 0 Å². The Labute approximate surface area is 109 Å². The smallest absolute Gasteiger partial charge is 0.0648 e. The van der Waals surface area contributed by atoms with E-state index in [0.717, 1.165) is 18.8 Å². The molecule has 0 spiro atoms. The lowest BCUT2D eigenvalue weighted by molar-refractivity contribution is 0.551. The molecule has 1 N–H and O–H groups in total. The van der Waals surface area contributed by atoms with Crippen molar-refractivity contribution in [3.63, 3.8) is 0 Å². The van der Waals surface area contributed by atoms with Crippen LogP contribution in [0, 0.1) is 12.8 Å². The van der Waals surface area contributed by atoms with Crippen LogP contribution in [0.2, 0.25) is 0 Å². The van der Waals surface area contributed by atoms with Gasteiger partial charge in [-0.25, -0.2) is 4.68 Å². The summed E-state index contributed by atoms with van der Waals surface area (Å²) in [7, 11) is 0. The van der Waals surface area contributed by atoms with Gasteiger partial charge in [-0.05, 0) is 48.7 Å². The SMILES string of the molecule is Cc1cc(-n2cccn2)ccc1CNCC(C)C. The average molecular weight is 243 g/mol. The van der Waals surface area contributed by atoms with Gasteiger partial charge in [-0.15, -0.1) is 0 Å². The number of nitrogens with one attached hydrogen (secondary N) is 1. The molecule has 2 aromatic rings. The van der Waals surface area contributed by atoms with Crippen molar-refractivity contribution >= 4 is 0 Å². The fourth-order valence-corrected chi connectivity index (χ4v) is 1.94. The first-order chi connectivity index (χ1) is 8.66. The zero-order chi connectivity index (χ0) is 13.0. The summed E-state index contributed by atoms with van der Waals surface area (Å²) in [5, 5.41) is 7.72. The second-order valence-corrected chi connectivity index (χ2v) is 5.09. The van der Waals surface area contributed by atoms with E-state index in [1.54, 1.807) is 6.20 Å². The van der Waals surface area contributed by atoms with Crippen LogP contribution < -0.4 is 5.32 Å². The Balaban J connectivity index is 2.06. The van der Waals surface area contributed by atoms with Gasteiger partial charge in [-0.2, -0.15) is 5.10 Å². The number of hydrogen-bond donors (Lipinski definition) is 1. The molecule has 0 aliphatic carbocycles. The molecule has 96 valence electrons. The van der Waals surface area contributed by atoms with Crippen molar-refractivity contribution in [2.75, 3.05) is 6.54 Å². The summed E-state index contributed by atoms with van der Waals surface area (Å²) in [5.74, 6) is 0.689. The highest BCUT2D eigenvalue weighted by Gasteiger charge is 2.02. The molecule has 0 bridgehead atoms. The Hall–Kier alpha value is -1.61. The summed E-state index contributed by atoms with van der Waals surface area (Å²) in [4.78, 5) is 0. The first kappa shape index (κ1) is 12.8. The lowest BCUT2D eigenvalue weighted by atomic mass is 10.1. The van der Waals surface area contributed by atoms with E-state index in [9.17, 15) is 0 Å². The Bertz CT molecular complexity index is 486. The van der Waals surface area contributed by atoms with Gasteiger partial charge >= 0.3 is 0 Å². The van der Waals surface area contributed by atoms with Crippen molar-refractivity contribution in [1.29, 1.82) is 0 Å². The Kier molecular flexibility index (Phi) is 4.15. The quantitative estimate of drug-likeness (QED) is 0.875. The summed E-state index contributed by atoms with van der Waals surface area (Å²) in [6.07, 6.45) is 3.76. The lowest BCUT2D eigenvalue weighted by Crippen LogP contribution is -2.19. The molecule has 18 heavy (non-hydrogen) atoms. The minimum Gasteiger partial charge on any atom is -0.312 e. The van der Waals surface area contributed by atoms with Crippen LogP contribution in [-0.4, -0.2) is 16.3 Å². The molecule has 0 atom stereocenters. The predicted molar refractivity (Wildman–Crippen MR) is 74.8 cm³/mol. The molecule has 3 nitrogen and oxygen atoms in total. The second kappa shape index (κ2) is 5.83. The number of aromatic nitrogens is 2. The van der Waals surface area contributed by atoms with Gasteiger partial charge in [0.05, 0.1) is 5.69 Å². The maximum absolute atomic E-state index is 4.24. The van der Waals surface area contributed by atoms with Crippen LogP contribution in [0.3, 0.4) is 0 Å². The highest BCUT2D eigenvalue weighted by atomic mass is 15.3. The highest BCUT2D eigenvalue weighted by Crippen LogP contribution is 2.14. The van der Waals surface area contributed by atoms with Gasteiger partial charge in [-0.1, -0.05) is 19.9 Å². The third-order valence-corrected chi connectivity index (χ3v) is 2.96. The molecule has 0 aliphatic heterocycles. The maximum Gasteiger partial charge on any atom is 0.0648 e. The van der Waals surface area contributed by atoms with Gasteiger partial charge in [0.2, 0.25) is 0 Å². The molecule has 0 saturated heterocycles. The average Bonchev–Trinajstić information content (AvgIpc) is 2.84. The topological polar surface area (TPSA) is 29.9 Å². The third-order valence-electron chi connectivity index (χ3n) is 2.96. The molecule has 0 fully saturated rings. The fourth-order valence-electron chi connectivity index (χ4n) is 1.94. The third kappa shape index (κ3) is 3.20. The Morgan fingerprint density at radius 2 is 2.17 bits per heavy atom. The normalized spacial score (nSPS) is 11.1. The first-order valence-electron chi connectivity index (χ1n) is 6.47. The van der Waals surface area contributed by atoms with E-state index in [2.05, 4.69) is 49.4 Å². The molecule has 0 unspecified atom stereocenters. The molecule has 0 amide bonds. The van der Waals surface area contributed by atoms with Crippen molar-refractivity contribution in [2.24, 2.45) is 5.92 Å². The van der Waals surface area contributed by atoms with Gasteiger partial charge in [0, 0.05) is 18.9 Å². The van der Waals surface area contributed by atoms with E-state index in [1.165, 1.54) is 11.1 Å². The van der Waals surface area contributed by atoms with Gasteiger partial charge < -0.3 is 5.32 Å². The molecule has 1 heterocycles. The highest BCUT2D eigenvalue weighted by molar-refractivity contribution is 5.39. The van der Waals surface area contributed by atoms with Gasteiger partial charge in [0.1, 0.15) is 0 Å². The first-order valence-corrected chi connectivity index (χ1v) is 6.47. The molecule has 0 radical (unpaired) electrons. The molecule has 0 saturated carbocycles. The zero-order valence-corrected chi connectivity index (χ0v) is 11.4. The van der Waals surface area contributed by atoms with E-state index < -0.39 is 0 Å². The van der Waals surface area contributed by atoms with Crippen molar-refractivity contribution in [3.05, 3.63) is 47.8 Å². The largest absolute Gasteiger partial charge is 0.312 e. The number of hydrogen-bond acceptors (Lipinski definition) is 2. The monoisotopic (exact) mass is 243 g/mol. The molecule has 0 aliphatic rings. The summed E-state index contributed by atoms with van der Waals surface area (Å²) in [6, 6.07) is 8.42. The van der Waals surface area contributed by atoms with Crippen molar-refractivity contribution in [2.45, 2.75) is 27.3 Å². The predicted octanol–water partition coefficient (Wildman–Crippen LogP) is 2.93. The Morgan fingerprint density at radius 1 is 1.33 bits per heavy atom. The summed E-state index contributed by atoms with van der Waals surface area (Å²) < 4.78 is 1.89. The van der Waals surface area contributed by atoms with Crippen LogP contribution in [0.15, 0.2) is 36.7 Å². The van der Waals surface area contributed by atoms with Crippen LogP contribution >= 0.6 is 0 Å². The summed E-state index contributed by atoms with van der Waals surface area (Å²) in [6.45, 7) is 8.59. The van der Waals surface area contributed by atoms with Crippen LogP contribution in [-0.2, 0) is 6.54 Å². The van der Waals surface area contributed by atoms with Crippen molar-refractivity contribution in [1.82, 2.24) is 15.1 Å². The van der Waals surface area contributed by atoms with E-state index in [4.69, 9.17) is 0 Å². The van der Waals surface area contributed by atoms with E-state index in [-0.39, 0.29) is 0 Å². The van der Waals surface area contributed by atoms with Gasteiger partial charge in [0.25, 0.3) is 0 Å². The van der Waals surface area contributed by atoms with Gasteiger partial charge in [0.15, 0.2) is 0 Å². The van der Waals surface area contributed by atoms with Gasteiger partial charge in [-0.3, -0.25) is 0 Å². The van der Waals surface area contributed by atoms with E-state index in [1.807, 2.05) is 16.9 Å². The fraction of sp³-hybridized carbons (Fsp3) is 0.400. The maximum atomic E-state index is 4.24. The molecular weight excluding hydrogens is 222 g/mol. The standard InChI is InChI=1S/C15H21N3/c1-12(2)10-16-11-14-5-6-15(9-13(14)3)18-8-4-7-17-18/h4-9,12,16H,10-11H2,1-3H3. The number of aryl methyl sites for hydroxylation is 1. The minimum absolute atomic E-state index is 0.689. The Morgan fingerprint density at radius 3 is 2.78 bits per heavy atom. The molecular formula is C15H21N3. The van der Waals surface area contributed by atoms with Crippen LogP contribution in [0.25, 0.3) is 5.69 Å². The number of benzene rings is 1. The van der Waals surface area contributed by atoms with Crippen molar-refractivity contribution in [3.8, 4) is 5.69 Å². The number of nitrogens with zero attached hydrogens (tertiary/aromatic N) is 2. The van der Waals surface area contributed by atoms with Crippen LogP contribution in [0.1, 0.15) is 25.0 Å². The molecule has 3 heteroatoms. The molecule has 1 aromatic carbocycles. The molecule has 1 aromatic heterocycles. The van der Waals surface area contributed by atoms with Crippen LogP contribution in [0.4, 0.5) is 0 Å². The minimum atomic E-state index is 0.689. The van der Waals surface area contributed by atoms with Crippen LogP contribution in [0.5, 0.6) is 0 Å². The lowest BCUT2D eigenvalue weighted by Gasteiger charge is -2.11. The summed E-state index contributed by atoms with van der Waals surface area (Å²) >= 11 is 0. The molecule has 2 rings (SSSR count). The van der Waals surface area contributed by atoms with Crippen molar-refractivity contribution < 1.29 is 0 Å². The van der Waals surface area contributed by atoms with E-state index in [0.29, 0.717) is 5.92 Å². The zero-order valence-electron chi connectivity index (χ0n) is 11.4. The summed E-state index contributed by atoms with van der Waals surface area (Å²) in [5.41, 5.74) is 3.77. The second-order valence-electron chi connectivity index (χ2n) is 5.09. The number of rotatable bonds is 5.